The van der Waals surface area contributed by atoms with Crippen LogP contribution in [0.1, 0.15) is 19.3 Å². The average molecular weight is 377 g/mol. The molecule has 0 bridgehead atoms. The third-order valence-electron chi connectivity index (χ3n) is 4.65. The maximum atomic E-state index is 12.1. The van der Waals surface area contributed by atoms with Gasteiger partial charge in [-0.05, 0) is 30.9 Å². The lowest BCUT2D eigenvalue weighted by molar-refractivity contribution is -0.122. The number of hydrogen-bond donors (Lipinski definition) is 2. The van der Waals surface area contributed by atoms with Crippen LogP contribution in [0.3, 0.4) is 0 Å². The Morgan fingerprint density at radius 2 is 2.33 bits per heavy atom. The smallest absolute Gasteiger partial charge is 0.298 e. The van der Waals surface area contributed by atoms with E-state index >= 15 is 0 Å². The molecular weight excluding hydrogens is 350 g/mol. The number of piperidine rings is 1. The van der Waals surface area contributed by atoms with Gasteiger partial charge in [-0.1, -0.05) is 0 Å². The molecule has 8 nitrogen and oxygen atoms in total. The van der Waals surface area contributed by atoms with Gasteiger partial charge in [-0.15, -0.1) is 0 Å². The normalized spacial score (nSPS) is 17.3. The van der Waals surface area contributed by atoms with Gasteiger partial charge >= 0.3 is 0 Å². The van der Waals surface area contributed by atoms with Crippen molar-refractivity contribution in [3.8, 4) is 5.75 Å². The molecule has 0 radical (unpaired) electrons. The van der Waals surface area contributed by atoms with Gasteiger partial charge in [0.05, 0.1) is 26.9 Å². The van der Waals surface area contributed by atoms with Crippen molar-refractivity contribution < 1.29 is 23.8 Å². The van der Waals surface area contributed by atoms with E-state index in [1.165, 1.54) is 0 Å². The molecule has 0 aliphatic carbocycles. The van der Waals surface area contributed by atoms with Crippen molar-refractivity contribution in [2.75, 3.05) is 51.5 Å². The Hall–Kier alpha value is -2.32. The van der Waals surface area contributed by atoms with Gasteiger partial charge in [-0.2, -0.15) is 4.98 Å². The first-order valence-electron chi connectivity index (χ1n) is 9.34. The van der Waals surface area contributed by atoms with Crippen molar-refractivity contribution in [1.82, 2.24) is 10.3 Å². The van der Waals surface area contributed by atoms with Gasteiger partial charge < -0.3 is 29.2 Å². The summed E-state index contributed by atoms with van der Waals surface area (Å²) in [6.45, 7) is 2.78. The summed E-state index contributed by atoms with van der Waals surface area (Å²) in [7, 11) is 1.63. The molecule has 2 aromatic rings. The second kappa shape index (κ2) is 9.57. The summed E-state index contributed by atoms with van der Waals surface area (Å²) in [4.78, 5) is 18.8. The molecule has 148 valence electrons. The number of hydrogen-bond acceptors (Lipinski definition) is 7. The topological polar surface area (TPSA) is 97.1 Å². The Labute approximate surface area is 158 Å². The zero-order valence-electron chi connectivity index (χ0n) is 15.6. The number of aliphatic hydroxyl groups excluding tert-OH is 1. The van der Waals surface area contributed by atoms with Gasteiger partial charge in [0.15, 0.2) is 5.58 Å². The summed E-state index contributed by atoms with van der Waals surface area (Å²) in [6.07, 6.45) is 2.49. The first-order chi connectivity index (χ1) is 13.2. The largest absolute Gasteiger partial charge is 0.497 e. The van der Waals surface area contributed by atoms with E-state index in [0.29, 0.717) is 32.2 Å². The van der Waals surface area contributed by atoms with Crippen LogP contribution in [0.4, 0.5) is 6.01 Å². The van der Waals surface area contributed by atoms with Crippen LogP contribution in [0.15, 0.2) is 22.6 Å². The SMILES string of the molecule is COc1ccc2oc(N3CCCC(CC(=O)NCCOCCO)C3)nc2c1. The number of nitrogens with zero attached hydrogens (tertiary/aromatic N) is 2. The lowest BCUT2D eigenvalue weighted by Gasteiger charge is -2.31. The summed E-state index contributed by atoms with van der Waals surface area (Å²) in [5, 5.41) is 11.5. The van der Waals surface area contributed by atoms with Crippen LogP contribution in [-0.2, 0) is 9.53 Å². The lowest BCUT2D eigenvalue weighted by atomic mass is 9.95. The van der Waals surface area contributed by atoms with Gasteiger partial charge in [0.25, 0.3) is 6.01 Å². The van der Waals surface area contributed by atoms with Crippen LogP contribution in [0.5, 0.6) is 5.75 Å². The number of carbonyl (C=O) groups is 1. The number of rotatable bonds is 9. The number of aromatic nitrogens is 1. The molecule has 2 N–H and O–H groups in total. The van der Waals surface area contributed by atoms with Crippen LogP contribution < -0.4 is 15.0 Å². The monoisotopic (exact) mass is 377 g/mol. The fraction of sp³-hybridized carbons (Fsp3) is 0.579. The van der Waals surface area contributed by atoms with E-state index in [1.54, 1.807) is 7.11 Å². The minimum atomic E-state index is -0.00549. The molecule has 1 aliphatic rings. The number of fused-ring (bicyclic) bond motifs is 1. The van der Waals surface area contributed by atoms with E-state index in [0.717, 1.165) is 42.8 Å². The van der Waals surface area contributed by atoms with Crippen molar-refractivity contribution in [3.63, 3.8) is 0 Å². The van der Waals surface area contributed by atoms with E-state index in [4.69, 9.17) is 19.0 Å². The van der Waals surface area contributed by atoms with Gasteiger partial charge in [-0.3, -0.25) is 4.79 Å². The molecule has 1 atom stereocenters. The summed E-state index contributed by atoms with van der Waals surface area (Å²) < 4.78 is 16.3. The predicted molar refractivity (Wildman–Crippen MR) is 101 cm³/mol. The van der Waals surface area contributed by atoms with Crippen molar-refractivity contribution in [2.24, 2.45) is 5.92 Å². The van der Waals surface area contributed by atoms with Gasteiger partial charge in [0, 0.05) is 32.1 Å². The highest BCUT2D eigenvalue weighted by Gasteiger charge is 2.25. The molecule has 0 spiro atoms. The Kier molecular flexibility index (Phi) is 6.89. The zero-order valence-corrected chi connectivity index (χ0v) is 15.6. The number of carbonyl (C=O) groups excluding carboxylic acids is 1. The molecule has 1 unspecified atom stereocenters. The summed E-state index contributed by atoms with van der Waals surface area (Å²) in [5.41, 5.74) is 1.50. The molecule has 1 aromatic heterocycles. The number of oxazole rings is 1. The molecule has 1 aliphatic heterocycles. The van der Waals surface area contributed by atoms with Crippen LogP contribution in [0.25, 0.3) is 11.1 Å². The molecule has 0 saturated carbocycles. The minimum Gasteiger partial charge on any atom is -0.497 e. The molecule has 1 fully saturated rings. The third kappa shape index (κ3) is 5.33. The van der Waals surface area contributed by atoms with Crippen LogP contribution in [0.2, 0.25) is 0 Å². The Morgan fingerprint density at radius 3 is 3.15 bits per heavy atom. The Bertz CT molecular complexity index is 748. The first-order valence-corrected chi connectivity index (χ1v) is 9.34. The quantitative estimate of drug-likeness (QED) is 0.640. The highest BCUT2D eigenvalue weighted by Crippen LogP contribution is 2.29. The Morgan fingerprint density at radius 1 is 1.44 bits per heavy atom. The van der Waals surface area contributed by atoms with E-state index < -0.39 is 0 Å². The van der Waals surface area contributed by atoms with E-state index in [-0.39, 0.29) is 18.4 Å². The predicted octanol–water partition coefficient (Wildman–Crippen LogP) is 1.57. The zero-order chi connectivity index (χ0) is 19.1. The molecule has 1 aromatic carbocycles. The first kappa shape index (κ1) is 19.4. The highest BCUT2D eigenvalue weighted by atomic mass is 16.5. The number of benzene rings is 1. The maximum absolute atomic E-state index is 12.1. The second-order valence-electron chi connectivity index (χ2n) is 6.67. The summed E-state index contributed by atoms with van der Waals surface area (Å²) in [5.74, 6) is 1.04. The van der Waals surface area contributed by atoms with Crippen molar-refractivity contribution in [1.29, 1.82) is 0 Å². The number of anilines is 1. The highest BCUT2D eigenvalue weighted by molar-refractivity contribution is 5.77. The van der Waals surface area contributed by atoms with Gasteiger partial charge in [-0.25, -0.2) is 0 Å². The Balaban J connectivity index is 1.52. The fourth-order valence-corrected chi connectivity index (χ4v) is 3.33. The van der Waals surface area contributed by atoms with Crippen molar-refractivity contribution in [2.45, 2.75) is 19.3 Å². The second-order valence-corrected chi connectivity index (χ2v) is 6.67. The molecular formula is C19H27N3O5. The molecule has 2 heterocycles. The average Bonchev–Trinajstić information content (AvgIpc) is 3.11. The van der Waals surface area contributed by atoms with Gasteiger partial charge in [0.1, 0.15) is 11.3 Å². The number of amides is 1. The molecule has 8 heteroatoms. The molecule has 1 amide bonds. The molecule has 1 saturated heterocycles. The molecule has 3 rings (SSSR count). The van der Waals surface area contributed by atoms with Crippen LogP contribution in [0, 0.1) is 5.92 Å². The van der Waals surface area contributed by atoms with Crippen molar-refractivity contribution in [3.05, 3.63) is 18.2 Å². The molecule has 27 heavy (non-hydrogen) atoms. The number of nitrogens with one attached hydrogen (secondary N) is 1. The number of methoxy groups -OCH3 is 1. The minimum absolute atomic E-state index is 0.00549. The standard InChI is InChI=1S/C19H27N3O5/c1-25-15-4-5-17-16(12-15)21-19(27-17)22-7-2-3-14(13-22)11-18(24)20-6-9-26-10-8-23/h4-5,12,14,23H,2-3,6-11,13H2,1H3,(H,20,24). The number of ether oxygens (including phenoxy) is 2. The summed E-state index contributed by atoms with van der Waals surface area (Å²) >= 11 is 0. The van der Waals surface area contributed by atoms with E-state index in [9.17, 15) is 4.79 Å². The maximum Gasteiger partial charge on any atom is 0.298 e. The van der Waals surface area contributed by atoms with Crippen molar-refractivity contribution >= 4 is 23.0 Å². The third-order valence-corrected chi connectivity index (χ3v) is 4.65. The lowest BCUT2D eigenvalue weighted by Crippen LogP contribution is -2.38. The van der Waals surface area contributed by atoms with Crippen LogP contribution in [-0.4, -0.2) is 62.6 Å². The van der Waals surface area contributed by atoms with Crippen LogP contribution >= 0.6 is 0 Å². The summed E-state index contributed by atoms with van der Waals surface area (Å²) in [6, 6.07) is 6.17. The van der Waals surface area contributed by atoms with Gasteiger partial charge in [0.2, 0.25) is 5.91 Å². The number of aliphatic hydroxyl groups is 1. The van der Waals surface area contributed by atoms with E-state index in [2.05, 4.69) is 15.2 Å². The fourth-order valence-electron chi connectivity index (χ4n) is 3.33. The van der Waals surface area contributed by atoms with E-state index in [1.807, 2.05) is 18.2 Å².